The third kappa shape index (κ3) is 4.04. The van der Waals surface area contributed by atoms with Crippen LogP contribution in [0.2, 0.25) is 0 Å². The van der Waals surface area contributed by atoms with E-state index < -0.39 is 15.9 Å². The van der Waals surface area contributed by atoms with E-state index in [1.54, 1.807) is 54.6 Å². The van der Waals surface area contributed by atoms with Gasteiger partial charge in [0, 0.05) is 12.6 Å². The minimum atomic E-state index is -3.79. The third-order valence-corrected chi connectivity index (χ3v) is 8.00. The Labute approximate surface area is 182 Å². The smallest absolute Gasteiger partial charge is 0.264 e. The number of hydrogen-bond acceptors (Lipinski definition) is 4. The van der Waals surface area contributed by atoms with Crippen LogP contribution in [0.3, 0.4) is 0 Å². The zero-order valence-corrected chi connectivity index (χ0v) is 18.4. The quantitative estimate of drug-likeness (QED) is 0.744. The van der Waals surface area contributed by atoms with Crippen molar-refractivity contribution < 1.29 is 18.0 Å². The molecule has 0 spiro atoms. The third-order valence-electron chi connectivity index (χ3n) is 6.21. The van der Waals surface area contributed by atoms with Crippen LogP contribution in [0.15, 0.2) is 59.5 Å². The van der Waals surface area contributed by atoms with Crippen LogP contribution in [0.1, 0.15) is 31.7 Å². The summed E-state index contributed by atoms with van der Waals surface area (Å²) in [4.78, 5) is 25.6. The Morgan fingerprint density at radius 1 is 1.10 bits per heavy atom. The molecular formula is C23H27N3O4S. The molecule has 1 fully saturated rings. The summed E-state index contributed by atoms with van der Waals surface area (Å²) < 4.78 is 27.8. The van der Waals surface area contributed by atoms with Crippen molar-refractivity contribution in [2.24, 2.45) is 11.8 Å². The lowest BCUT2D eigenvalue weighted by Crippen LogP contribution is -2.50. The zero-order chi connectivity index (χ0) is 22.2. The molecule has 2 aliphatic rings. The average molecular weight is 442 g/mol. The molecule has 2 aromatic rings. The number of rotatable bonds is 5. The lowest BCUT2D eigenvalue weighted by atomic mass is 9.84. The van der Waals surface area contributed by atoms with Crippen molar-refractivity contribution in [3.05, 3.63) is 60.2 Å². The lowest BCUT2D eigenvalue weighted by Gasteiger charge is -2.32. The maximum atomic E-state index is 13.2. The highest BCUT2D eigenvalue weighted by molar-refractivity contribution is 7.92. The summed E-state index contributed by atoms with van der Waals surface area (Å²) in [5.41, 5.74) is 1.19. The molecule has 31 heavy (non-hydrogen) atoms. The van der Waals surface area contributed by atoms with Crippen molar-refractivity contribution in [2.45, 2.75) is 37.1 Å². The minimum absolute atomic E-state index is 0.0336. The number of hydrogen-bond donors (Lipinski definition) is 2. The molecule has 1 saturated heterocycles. The summed E-state index contributed by atoms with van der Waals surface area (Å²) in [6.07, 6.45) is 0.863. The number of anilines is 1. The molecule has 2 N–H and O–H groups in total. The first kappa shape index (κ1) is 21.4. The Hall–Kier alpha value is -2.87. The van der Waals surface area contributed by atoms with E-state index in [0.29, 0.717) is 11.3 Å². The van der Waals surface area contributed by atoms with Crippen molar-refractivity contribution in [3.8, 4) is 0 Å². The minimum Gasteiger partial charge on any atom is -0.355 e. The molecule has 2 aliphatic heterocycles. The number of carbonyl (C=O) groups is 2. The Morgan fingerprint density at radius 3 is 2.48 bits per heavy atom. The SMILES string of the molecule is CC1CC(C)C(CNC(=O)C2CN(S(=O)(=O)c3ccccc3)c3ccccc32)C(=O)N1. The lowest BCUT2D eigenvalue weighted by molar-refractivity contribution is -0.130. The predicted octanol–water partition coefficient (Wildman–Crippen LogP) is 2.26. The second kappa shape index (κ2) is 8.34. The zero-order valence-electron chi connectivity index (χ0n) is 17.6. The molecule has 0 saturated carbocycles. The van der Waals surface area contributed by atoms with Crippen LogP contribution >= 0.6 is 0 Å². The summed E-state index contributed by atoms with van der Waals surface area (Å²) in [5, 5.41) is 5.84. The first-order valence-electron chi connectivity index (χ1n) is 10.5. The number of nitrogens with one attached hydrogen (secondary N) is 2. The Kier molecular flexibility index (Phi) is 5.75. The molecule has 0 aromatic heterocycles. The highest BCUT2D eigenvalue weighted by Gasteiger charge is 2.40. The highest BCUT2D eigenvalue weighted by Crippen LogP contribution is 2.39. The summed E-state index contributed by atoms with van der Waals surface area (Å²) in [5.74, 6) is -1.07. The second-order valence-corrected chi connectivity index (χ2v) is 10.3. The summed E-state index contributed by atoms with van der Waals surface area (Å²) in [6.45, 7) is 4.26. The number of fused-ring (bicyclic) bond motifs is 1. The molecule has 2 heterocycles. The second-order valence-electron chi connectivity index (χ2n) is 8.43. The Balaban J connectivity index is 1.53. The number of carbonyl (C=O) groups excluding carboxylic acids is 2. The van der Waals surface area contributed by atoms with Gasteiger partial charge in [-0.25, -0.2) is 8.42 Å². The van der Waals surface area contributed by atoms with Gasteiger partial charge in [0.05, 0.1) is 29.0 Å². The van der Waals surface area contributed by atoms with Gasteiger partial charge in [0.25, 0.3) is 10.0 Å². The monoisotopic (exact) mass is 441 g/mol. The average Bonchev–Trinajstić information content (AvgIpc) is 3.14. The van der Waals surface area contributed by atoms with Crippen molar-refractivity contribution >= 4 is 27.5 Å². The topological polar surface area (TPSA) is 95.6 Å². The molecular weight excluding hydrogens is 414 g/mol. The van der Waals surface area contributed by atoms with E-state index in [9.17, 15) is 18.0 Å². The number of sulfonamides is 1. The van der Waals surface area contributed by atoms with Gasteiger partial charge in [0.2, 0.25) is 11.8 Å². The van der Waals surface area contributed by atoms with Crippen molar-refractivity contribution in [3.63, 3.8) is 0 Å². The van der Waals surface area contributed by atoms with Crippen LogP contribution in [-0.4, -0.2) is 39.4 Å². The van der Waals surface area contributed by atoms with E-state index in [2.05, 4.69) is 10.6 Å². The predicted molar refractivity (Wildman–Crippen MR) is 118 cm³/mol. The maximum absolute atomic E-state index is 13.2. The van der Waals surface area contributed by atoms with E-state index in [1.807, 2.05) is 13.8 Å². The molecule has 7 nitrogen and oxygen atoms in total. The van der Waals surface area contributed by atoms with Crippen molar-refractivity contribution in [1.29, 1.82) is 0 Å². The number of benzene rings is 2. The number of piperidine rings is 1. The molecule has 0 aliphatic carbocycles. The van der Waals surface area contributed by atoms with Crippen LogP contribution < -0.4 is 14.9 Å². The first-order chi connectivity index (χ1) is 14.8. The molecule has 2 aromatic carbocycles. The summed E-state index contributed by atoms with van der Waals surface area (Å²) in [6, 6.07) is 15.4. The standard InChI is InChI=1S/C23H27N3O4S/c1-15-12-16(2)25-23(28)19(15)13-24-22(27)20-14-26(21-11-7-6-10-18(20)21)31(29,30)17-8-4-3-5-9-17/h3-11,15-16,19-20H,12-14H2,1-2H3,(H,24,27)(H,25,28). The van der Waals surface area contributed by atoms with Crippen molar-refractivity contribution in [2.75, 3.05) is 17.4 Å². The maximum Gasteiger partial charge on any atom is 0.264 e. The highest BCUT2D eigenvalue weighted by atomic mass is 32.2. The van der Waals surface area contributed by atoms with Crippen molar-refractivity contribution in [1.82, 2.24) is 10.6 Å². The molecule has 4 atom stereocenters. The summed E-state index contributed by atoms with van der Waals surface area (Å²) in [7, 11) is -3.79. The van der Waals surface area contributed by atoms with Gasteiger partial charge in [-0.15, -0.1) is 0 Å². The van der Waals surface area contributed by atoms with E-state index in [0.717, 1.165) is 6.42 Å². The number of amides is 2. The molecule has 0 bridgehead atoms. The van der Waals surface area contributed by atoms with Gasteiger partial charge in [-0.3, -0.25) is 13.9 Å². The molecule has 2 amide bonds. The van der Waals surface area contributed by atoms with Crippen LogP contribution in [-0.2, 0) is 19.6 Å². The van der Waals surface area contributed by atoms with E-state index >= 15 is 0 Å². The Bertz CT molecular complexity index is 1090. The molecule has 4 rings (SSSR count). The van der Waals surface area contributed by atoms with E-state index in [-0.39, 0.29) is 47.7 Å². The van der Waals surface area contributed by atoms with E-state index in [1.165, 1.54) is 4.31 Å². The molecule has 8 heteroatoms. The number of nitrogens with zero attached hydrogens (tertiary/aromatic N) is 1. The molecule has 4 unspecified atom stereocenters. The Morgan fingerprint density at radius 2 is 1.77 bits per heavy atom. The first-order valence-corrected chi connectivity index (χ1v) is 12.0. The van der Waals surface area contributed by atoms with E-state index in [4.69, 9.17) is 0 Å². The fraction of sp³-hybridized carbons (Fsp3) is 0.391. The molecule has 0 radical (unpaired) electrons. The largest absolute Gasteiger partial charge is 0.355 e. The van der Waals surface area contributed by atoms with Gasteiger partial charge in [-0.1, -0.05) is 43.3 Å². The van der Waals surface area contributed by atoms with Gasteiger partial charge < -0.3 is 10.6 Å². The van der Waals surface area contributed by atoms with Crippen LogP contribution in [0.5, 0.6) is 0 Å². The van der Waals surface area contributed by atoms with Gasteiger partial charge >= 0.3 is 0 Å². The van der Waals surface area contributed by atoms with Crippen LogP contribution in [0.4, 0.5) is 5.69 Å². The fourth-order valence-electron chi connectivity index (χ4n) is 4.56. The number of para-hydroxylation sites is 1. The van der Waals surface area contributed by atoms with Crippen LogP contribution in [0, 0.1) is 11.8 Å². The summed E-state index contributed by atoms with van der Waals surface area (Å²) >= 11 is 0. The van der Waals surface area contributed by atoms with Gasteiger partial charge in [0.15, 0.2) is 0 Å². The normalized spacial score (nSPS) is 25.6. The fourth-order valence-corrected chi connectivity index (χ4v) is 6.09. The van der Waals surface area contributed by atoms with Gasteiger partial charge in [0.1, 0.15) is 0 Å². The molecule has 164 valence electrons. The van der Waals surface area contributed by atoms with Gasteiger partial charge in [-0.2, -0.15) is 0 Å². The van der Waals surface area contributed by atoms with Crippen LogP contribution in [0.25, 0.3) is 0 Å². The van der Waals surface area contributed by atoms with Gasteiger partial charge in [-0.05, 0) is 43.0 Å².